The molecule has 1 aromatic carbocycles. The van der Waals surface area contributed by atoms with E-state index in [1.807, 2.05) is 13.8 Å². The predicted molar refractivity (Wildman–Crippen MR) is 72.7 cm³/mol. The average molecular weight is 307 g/mol. The molecule has 0 radical (unpaired) electrons. The van der Waals surface area contributed by atoms with Crippen LogP contribution in [0.4, 0.5) is 4.39 Å². The number of carboxylic acid groups (broad SMARTS) is 1. The van der Waals surface area contributed by atoms with E-state index in [1.165, 1.54) is 6.07 Å². The second-order valence-electron chi connectivity index (χ2n) is 4.98. The Hall–Kier alpha value is -2.77. The molecule has 7 nitrogen and oxygen atoms in total. The summed E-state index contributed by atoms with van der Waals surface area (Å²) in [5.74, 6) is -2.63. The quantitative estimate of drug-likeness (QED) is 0.875. The Morgan fingerprint density at radius 2 is 2.09 bits per heavy atom. The lowest BCUT2D eigenvalue weighted by Crippen LogP contribution is -2.33. The van der Waals surface area contributed by atoms with E-state index in [1.54, 1.807) is 0 Å². The molecule has 0 aliphatic heterocycles. The molecule has 0 saturated heterocycles. The van der Waals surface area contributed by atoms with Gasteiger partial charge in [-0.05, 0) is 24.1 Å². The number of rotatable bonds is 5. The summed E-state index contributed by atoms with van der Waals surface area (Å²) >= 11 is 0. The number of carbonyl (C=O) groups is 2. The highest BCUT2D eigenvalue weighted by atomic mass is 19.1. The third-order valence-corrected chi connectivity index (χ3v) is 3.07. The molecule has 0 aliphatic rings. The van der Waals surface area contributed by atoms with Crippen molar-refractivity contribution in [2.45, 2.75) is 19.9 Å². The first-order chi connectivity index (χ1) is 10.4. The van der Waals surface area contributed by atoms with E-state index in [0.717, 1.165) is 18.5 Å². The van der Waals surface area contributed by atoms with Crippen LogP contribution in [0.3, 0.4) is 0 Å². The van der Waals surface area contributed by atoms with Crippen LogP contribution in [-0.4, -0.2) is 27.1 Å². The molecular formula is C14H14FN3O4. The van der Waals surface area contributed by atoms with Gasteiger partial charge in [0.05, 0.1) is 17.2 Å². The number of hydrogen-bond acceptors (Lipinski definition) is 5. The van der Waals surface area contributed by atoms with E-state index in [2.05, 4.69) is 20.0 Å². The molecule has 1 aromatic heterocycles. The molecule has 0 saturated carbocycles. The topological polar surface area (TPSA) is 105 Å². The lowest BCUT2D eigenvalue weighted by atomic mass is 10.0. The Bertz CT molecular complexity index is 685. The zero-order valence-corrected chi connectivity index (χ0v) is 11.9. The van der Waals surface area contributed by atoms with Gasteiger partial charge in [-0.1, -0.05) is 19.0 Å². The maximum Gasteiger partial charge on any atom is 0.335 e. The molecular weight excluding hydrogens is 293 g/mol. The zero-order valence-electron chi connectivity index (χ0n) is 11.9. The standard InChI is InChI=1S/C14H14FN3O4/c1-7(2)11(12-16-6-22-18-12)17-13(19)9-4-3-8(14(20)21)5-10(9)15/h3-7,11H,1-2H3,(H,17,19)(H,20,21). The monoisotopic (exact) mass is 307 g/mol. The number of nitrogens with one attached hydrogen (secondary N) is 1. The predicted octanol–water partition coefficient (Wildman–Crippen LogP) is 2.03. The van der Waals surface area contributed by atoms with Crippen molar-refractivity contribution in [1.82, 2.24) is 15.5 Å². The van der Waals surface area contributed by atoms with Crippen molar-refractivity contribution in [1.29, 1.82) is 0 Å². The maximum atomic E-state index is 13.9. The molecule has 2 N–H and O–H groups in total. The summed E-state index contributed by atoms with van der Waals surface area (Å²) < 4.78 is 18.5. The Labute approximate surface area is 125 Å². The average Bonchev–Trinajstić information content (AvgIpc) is 2.97. The van der Waals surface area contributed by atoms with Gasteiger partial charge >= 0.3 is 5.97 Å². The number of nitrogens with zero attached hydrogens (tertiary/aromatic N) is 2. The van der Waals surface area contributed by atoms with Gasteiger partial charge in [0, 0.05) is 0 Å². The minimum Gasteiger partial charge on any atom is -0.478 e. The molecule has 0 spiro atoms. The van der Waals surface area contributed by atoms with Crippen LogP contribution < -0.4 is 5.32 Å². The number of carbonyl (C=O) groups excluding carboxylic acids is 1. The first-order valence-corrected chi connectivity index (χ1v) is 6.50. The van der Waals surface area contributed by atoms with Gasteiger partial charge in [-0.15, -0.1) is 0 Å². The summed E-state index contributed by atoms with van der Waals surface area (Å²) in [4.78, 5) is 26.8. The highest BCUT2D eigenvalue weighted by molar-refractivity contribution is 5.96. The fourth-order valence-corrected chi connectivity index (χ4v) is 1.90. The van der Waals surface area contributed by atoms with Crippen molar-refractivity contribution in [2.24, 2.45) is 5.92 Å². The van der Waals surface area contributed by atoms with E-state index in [4.69, 9.17) is 5.11 Å². The van der Waals surface area contributed by atoms with Gasteiger partial charge in [-0.3, -0.25) is 4.79 Å². The molecule has 2 rings (SSSR count). The van der Waals surface area contributed by atoms with E-state index in [-0.39, 0.29) is 22.9 Å². The largest absolute Gasteiger partial charge is 0.478 e. The maximum absolute atomic E-state index is 13.9. The second kappa shape index (κ2) is 6.33. The van der Waals surface area contributed by atoms with E-state index in [9.17, 15) is 14.0 Å². The number of aromatic nitrogens is 2. The Balaban J connectivity index is 2.22. The third kappa shape index (κ3) is 3.27. The van der Waals surface area contributed by atoms with Crippen LogP contribution in [-0.2, 0) is 0 Å². The lowest BCUT2D eigenvalue weighted by Gasteiger charge is -2.19. The Morgan fingerprint density at radius 3 is 2.59 bits per heavy atom. The summed E-state index contributed by atoms with van der Waals surface area (Å²) in [7, 11) is 0. The van der Waals surface area contributed by atoms with Gasteiger partial charge in [0.15, 0.2) is 5.82 Å². The van der Waals surface area contributed by atoms with Crippen LogP contribution in [0, 0.1) is 11.7 Å². The van der Waals surface area contributed by atoms with Gasteiger partial charge in [-0.25, -0.2) is 9.18 Å². The lowest BCUT2D eigenvalue weighted by molar-refractivity contribution is 0.0695. The molecule has 0 aliphatic carbocycles. The molecule has 116 valence electrons. The minimum atomic E-state index is -1.27. The van der Waals surface area contributed by atoms with E-state index >= 15 is 0 Å². The highest BCUT2D eigenvalue weighted by Gasteiger charge is 2.24. The number of aromatic carboxylic acids is 1. The summed E-state index contributed by atoms with van der Waals surface area (Å²) in [6.07, 6.45) is 1.14. The van der Waals surface area contributed by atoms with Gasteiger partial charge in [0.2, 0.25) is 6.39 Å². The van der Waals surface area contributed by atoms with E-state index in [0.29, 0.717) is 0 Å². The first-order valence-electron chi connectivity index (χ1n) is 6.50. The summed E-state index contributed by atoms with van der Waals surface area (Å²) in [5, 5.41) is 15.1. The third-order valence-electron chi connectivity index (χ3n) is 3.07. The number of hydrogen-bond donors (Lipinski definition) is 2. The van der Waals surface area contributed by atoms with Crippen molar-refractivity contribution < 1.29 is 23.6 Å². The van der Waals surface area contributed by atoms with Gasteiger partial charge < -0.3 is 14.9 Å². The molecule has 1 amide bonds. The van der Waals surface area contributed by atoms with Crippen molar-refractivity contribution in [2.75, 3.05) is 0 Å². The van der Waals surface area contributed by atoms with Crippen LogP contribution in [0.5, 0.6) is 0 Å². The SMILES string of the molecule is CC(C)C(NC(=O)c1ccc(C(=O)O)cc1F)c1ncon1. The van der Waals surface area contributed by atoms with Crippen LogP contribution >= 0.6 is 0 Å². The minimum absolute atomic E-state index is 0.0529. The van der Waals surface area contributed by atoms with Crippen molar-refractivity contribution >= 4 is 11.9 Å². The number of amides is 1. The van der Waals surface area contributed by atoms with Crippen LogP contribution in [0.25, 0.3) is 0 Å². The fraction of sp³-hybridized carbons (Fsp3) is 0.286. The molecule has 1 atom stereocenters. The highest BCUT2D eigenvalue weighted by Crippen LogP contribution is 2.19. The molecule has 0 fully saturated rings. The van der Waals surface area contributed by atoms with Crippen molar-refractivity contribution in [3.63, 3.8) is 0 Å². The fourth-order valence-electron chi connectivity index (χ4n) is 1.90. The van der Waals surface area contributed by atoms with Crippen LogP contribution in [0.1, 0.15) is 46.4 Å². The van der Waals surface area contributed by atoms with Crippen molar-refractivity contribution in [3.8, 4) is 0 Å². The van der Waals surface area contributed by atoms with Gasteiger partial charge in [0.1, 0.15) is 5.82 Å². The molecule has 1 heterocycles. The zero-order chi connectivity index (χ0) is 16.3. The van der Waals surface area contributed by atoms with Gasteiger partial charge in [-0.2, -0.15) is 4.98 Å². The summed E-state index contributed by atoms with van der Waals surface area (Å²) in [6.45, 7) is 3.68. The van der Waals surface area contributed by atoms with Crippen LogP contribution in [0.15, 0.2) is 29.1 Å². The molecule has 0 bridgehead atoms. The Morgan fingerprint density at radius 1 is 1.36 bits per heavy atom. The summed E-state index contributed by atoms with van der Waals surface area (Å²) in [5.41, 5.74) is -0.480. The van der Waals surface area contributed by atoms with Crippen molar-refractivity contribution in [3.05, 3.63) is 47.4 Å². The first kappa shape index (κ1) is 15.6. The van der Waals surface area contributed by atoms with E-state index < -0.39 is 23.7 Å². The molecule has 1 unspecified atom stereocenters. The Kier molecular flexibility index (Phi) is 4.50. The normalized spacial score (nSPS) is 12.2. The molecule has 2 aromatic rings. The second-order valence-corrected chi connectivity index (χ2v) is 4.98. The summed E-state index contributed by atoms with van der Waals surface area (Å²) in [6, 6.07) is 2.54. The molecule has 8 heteroatoms. The number of carboxylic acids is 1. The van der Waals surface area contributed by atoms with Crippen LogP contribution in [0.2, 0.25) is 0 Å². The number of benzene rings is 1. The number of halogens is 1. The molecule has 22 heavy (non-hydrogen) atoms. The smallest absolute Gasteiger partial charge is 0.335 e. The van der Waals surface area contributed by atoms with Gasteiger partial charge in [0.25, 0.3) is 5.91 Å².